The second-order valence-corrected chi connectivity index (χ2v) is 10.7. The molecule has 0 atom stereocenters. The largest absolute Gasteiger partial charge is 0.359 e. The van der Waals surface area contributed by atoms with Gasteiger partial charge in [0.05, 0.1) is 8.07 Å². The van der Waals surface area contributed by atoms with Gasteiger partial charge in [-0.05, 0) is 40.8 Å². The minimum atomic E-state index is -1.45. The molecule has 0 saturated heterocycles. The fourth-order valence-corrected chi connectivity index (χ4v) is 4.17. The molecule has 2 nitrogen and oxygen atoms in total. The Morgan fingerprint density at radius 3 is 2.38 bits per heavy atom. The van der Waals surface area contributed by atoms with Crippen LogP contribution >= 0.6 is 22.6 Å². The van der Waals surface area contributed by atoms with E-state index in [-0.39, 0.29) is 5.91 Å². The van der Waals surface area contributed by atoms with E-state index in [1.807, 2.05) is 0 Å². The van der Waals surface area contributed by atoms with Gasteiger partial charge in [-0.2, -0.15) is 0 Å². The lowest BCUT2D eigenvalue weighted by Crippen LogP contribution is -2.42. The van der Waals surface area contributed by atoms with E-state index >= 15 is 0 Å². The van der Waals surface area contributed by atoms with E-state index < -0.39 is 8.07 Å². The minimum Gasteiger partial charge on any atom is -0.359 e. The number of carbonyl (C=O) groups is 1. The monoisotopic (exact) mass is 347 g/mol. The number of amides is 1. The van der Waals surface area contributed by atoms with Crippen LogP contribution in [0.4, 0.5) is 0 Å². The Balaban J connectivity index is 2.69. The molecule has 0 heterocycles. The number of carbonyl (C=O) groups excluding carboxylic acids is 1. The van der Waals surface area contributed by atoms with Crippen molar-refractivity contribution in [3.63, 3.8) is 0 Å². The van der Waals surface area contributed by atoms with Gasteiger partial charge >= 0.3 is 0 Å². The summed E-state index contributed by atoms with van der Waals surface area (Å²) in [5.41, 5.74) is 0. The molecule has 0 radical (unpaired) electrons. The first-order valence-electron chi connectivity index (χ1n) is 5.42. The topological polar surface area (TPSA) is 29.1 Å². The van der Waals surface area contributed by atoms with Gasteiger partial charge in [-0.25, -0.2) is 0 Å². The summed E-state index contributed by atoms with van der Waals surface area (Å²) in [7, 11) is 0.251. The predicted octanol–water partition coefficient (Wildman–Crippen LogP) is 2.34. The zero-order valence-corrected chi connectivity index (χ0v) is 13.2. The molecule has 1 rings (SSSR count). The van der Waals surface area contributed by atoms with E-state index in [1.165, 1.54) is 8.76 Å². The van der Waals surface area contributed by atoms with Crippen LogP contribution in [0.15, 0.2) is 24.3 Å². The molecule has 1 aromatic carbocycles. The van der Waals surface area contributed by atoms with Crippen LogP contribution in [0, 0.1) is 3.57 Å². The third kappa shape index (κ3) is 3.90. The normalized spacial score (nSPS) is 11.2. The first-order chi connectivity index (χ1) is 7.45. The Hall–Kier alpha value is -0.363. The molecule has 0 aliphatic carbocycles. The van der Waals surface area contributed by atoms with Gasteiger partial charge in [-0.15, -0.1) is 0 Å². The van der Waals surface area contributed by atoms with Gasteiger partial charge in [0.2, 0.25) is 5.91 Å². The van der Waals surface area contributed by atoms with Gasteiger partial charge < -0.3 is 5.32 Å². The Bertz CT molecular complexity index is 362. The first kappa shape index (κ1) is 13.7. The van der Waals surface area contributed by atoms with Gasteiger partial charge in [0.15, 0.2) is 0 Å². The SMILES string of the molecule is CNC(=O)CC[Si](C)(C)c1ccc(I)cc1. The van der Waals surface area contributed by atoms with Crippen LogP contribution in [-0.4, -0.2) is 21.0 Å². The van der Waals surface area contributed by atoms with Gasteiger partial charge in [0.1, 0.15) is 0 Å². The molecule has 0 aliphatic rings. The van der Waals surface area contributed by atoms with E-state index in [9.17, 15) is 4.79 Å². The molecule has 1 N–H and O–H groups in total. The Kier molecular flexibility index (Phi) is 4.98. The zero-order chi connectivity index (χ0) is 12.2. The summed E-state index contributed by atoms with van der Waals surface area (Å²) >= 11 is 2.31. The standard InChI is InChI=1S/C12H18INOSi/c1-14-12(15)8-9-16(2,3)11-6-4-10(13)5-7-11/h4-7H,8-9H2,1-3H3,(H,14,15). The molecular formula is C12H18INOSi. The molecule has 16 heavy (non-hydrogen) atoms. The predicted molar refractivity (Wildman–Crippen MR) is 79.8 cm³/mol. The molecule has 0 spiro atoms. The fourth-order valence-electron chi connectivity index (χ4n) is 1.60. The summed E-state index contributed by atoms with van der Waals surface area (Å²) in [5.74, 6) is 0.145. The lowest BCUT2D eigenvalue weighted by Gasteiger charge is -2.22. The molecule has 0 aromatic heterocycles. The van der Waals surface area contributed by atoms with E-state index in [0.717, 1.165) is 6.04 Å². The van der Waals surface area contributed by atoms with Crippen LogP contribution in [0.5, 0.6) is 0 Å². The summed E-state index contributed by atoms with van der Waals surface area (Å²) in [5, 5.41) is 4.11. The van der Waals surface area contributed by atoms with Gasteiger partial charge in [0.25, 0.3) is 0 Å². The van der Waals surface area contributed by atoms with Crippen LogP contribution in [0.25, 0.3) is 0 Å². The molecule has 88 valence electrons. The Morgan fingerprint density at radius 1 is 1.31 bits per heavy atom. The highest BCUT2D eigenvalue weighted by molar-refractivity contribution is 14.1. The van der Waals surface area contributed by atoms with Crippen LogP contribution < -0.4 is 10.5 Å². The molecule has 0 unspecified atom stereocenters. The van der Waals surface area contributed by atoms with Crippen molar-refractivity contribution < 1.29 is 4.79 Å². The number of benzene rings is 1. The smallest absolute Gasteiger partial charge is 0.219 e. The van der Waals surface area contributed by atoms with Gasteiger partial charge in [-0.1, -0.05) is 30.4 Å². The summed E-state index contributed by atoms with van der Waals surface area (Å²) in [6.45, 7) is 4.64. The molecule has 0 saturated carbocycles. The molecule has 1 aromatic rings. The Morgan fingerprint density at radius 2 is 1.88 bits per heavy atom. The number of nitrogens with one attached hydrogen (secondary N) is 1. The van der Waals surface area contributed by atoms with Crippen LogP contribution in [0.2, 0.25) is 19.1 Å². The van der Waals surface area contributed by atoms with Crippen molar-refractivity contribution in [2.45, 2.75) is 25.6 Å². The van der Waals surface area contributed by atoms with Crippen molar-refractivity contribution in [2.75, 3.05) is 7.05 Å². The lowest BCUT2D eigenvalue weighted by atomic mass is 10.4. The van der Waals surface area contributed by atoms with Crippen molar-refractivity contribution in [3.05, 3.63) is 27.8 Å². The van der Waals surface area contributed by atoms with Crippen molar-refractivity contribution >= 4 is 41.8 Å². The first-order valence-corrected chi connectivity index (χ1v) is 9.71. The highest BCUT2D eigenvalue weighted by atomic mass is 127. The van der Waals surface area contributed by atoms with Crippen molar-refractivity contribution in [1.82, 2.24) is 5.32 Å². The molecule has 0 fully saturated rings. The highest BCUT2D eigenvalue weighted by Gasteiger charge is 2.23. The Labute approximate surface area is 112 Å². The van der Waals surface area contributed by atoms with Gasteiger partial charge in [0, 0.05) is 17.0 Å². The van der Waals surface area contributed by atoms with Crippen LogP contribution in [0.1, 0.15) is 6.42 Å². The maximum atomic E-state index is 11.3. The second-order valence-electron chi connectivity index (χ2n) is 4.56. The molecule has 1 amide bonds. The van der Waals surface area contributed by atoms with Crippen LogP contribution in [-0.2, 0) is 4.79 Å². The highest BCUT2D eigenvalue weighted by Crippen LogP contribution is 2.13. The molecule has 4 heteroatoms. The van der Waals surface area contributed by atoms with Gasteiger partial charge in [-0.3, -0.25) is 4.79 Å². The summed E-state index contributed by atoms with van der Waals surface area (Å²) in [6.07, 6.45) is 0.641. The summed E-state index contributed by atoms with van der Waals surface area (Å²) in [6, 6.07) is 9.71. The van der Waals surface area contributed by atoms with Crippen LogP contribution in [0.3, 0.4) is 0 Å². The zero-order valence-electron chi connectivity index (χ0n) is 10.0. The lowest BCUT2D eigenvalue weighted by molar-refractivity contribution is -0.120. The summed E-state index contributed by atoms with van der Waals surface area (Å²) in [4.78, 5) is 11.3. The number of hydrogen-bond acceptors (Lipinski definition) is 1. The maximum absolute atomic E-state index is 11.3. The third-order valence-corrected chi connectivity index (χ3v) is 7.00. The van der Waals surface area contributed by atoms with E-state index in [2.05, 4.69) is 65.3 Å². The van der Waals surface area contributed by atoms with Crippen molar-refractivity contribution in [2.24, 2.45) is 0 Å². The maximum Gasteiger partial charge on any atom is 0.219 e. The number of halogens is 1. The number of rotatable bonds is 4. The number of hydrogen-bond donors (Lipinski definition) is 1. The molecular weight excluding hydrogens is 329 g/mol. The van der Waals surface area contributed by atoms with E-state index in [4.69, 9.17) is 0 Å². The second kappa shape index (κ2) is 5.81. The van der Waals surface area contributed by atoms with E-state index in [1.54, 1.807) is 7.05 Å². The average Bonchev–Trinajstić information content (AvgIpc) is 2.26. The minimum absolute atomic E-state index is 0.145. The summed E-state index contributed by atoms with van der Waals surface area (Å²) < 4.78 is 1.26. The molecule has 0 aliphatic heterocycles. The third-order valence-electron chi connectivity index (χ3n) is 2.88. The van der Waals surface area contributed by atoms with Crippen molar-refractivity contribution in [3.8, 4) is 0 Å². The van der Waals surface area contributed by atoms with E-state index in [0.29, 0.717) is 6.42 Å². The fraction of sp³-hybridized carbons (Fsp3) is 0.417. The average molecular weight is 347 g/mol. The van der Waals surface area contributed by atoms with Crippen molar-refractivity contribution in [1.29, 1.82) is 0 Å². The quantitative estimate of drug-likeness (QED) is 0.658. The molecule has 0 bridgehead atoms.